The summed E-state index contributed by atoms with van der Waals surface area (Å²) in [5.41, 5.74) is 1.05. The zero-order valence-corrected chi connectivity index (χ0v) is 16.6. The van der Waals surface area contributed by atoms with Crippen LogP contribution in [-0.4, -0.2) is 53.2 Å². The molecule has 0 atom stereocenters. The predicted octanol–water partition coefficient (Wildman–Crippen LogP) is 1.60. The second kappa shape index (κ2) is 12.0. The third-order valence-electron chi connectivity index (χ3n) is 4.09. The summed E-state index contributed by atoms with van der Waals surface area (Å²) in [6.45, 7) is 0.951. The third kappa shape index (κ3) is 7.74. The number of hydrogen-bond acceptors (Lipinski definition) is 6. The lowest BCUT2D eigenvalue weighted by molar-refractivity contribution is 0.0945. The molecular formula is C20H24N5O5. The zero-order chi connectivity index (χ0) is 21.8. The summed E-state index contributed by atoms with van der Waals surface area (Å²) in [5, 5.41) is 17.2. The minimum absolute atomic E-state index is 0.0910. The number of hydrogen-bond donors (Lipinski definition) is 3. The van der Waals surface area contributed by atoms with Gasteiger partial charge in [-0.2, -0.15) is 0 Å². The van der Waals surface area contributed by atoms with Crippen LogP contribution >= 0.6 is 0 Å². The van der Waals surface area contributed by atoms with Crippen LogP contribution < -0.4 is 20.7 Å². The van der Waals surface area contributed by atoms with E-state index in [0.29, 0.717) is 25.1 Å². The third-order valence-corrected chi connectivity index (χ3v) is 4.09. The van der Waals surface area contributed by atoms with Gasteiger partial charge in [-0.05, 0) is 37.0 Å². The molecule has 0 saturated heterocycles. The molecule has 0 aliphatic rings. The molecule has 2 rings (SSSR count). The first kappa shape index (κ1) is 22.6. The molecule has 3 amide bonds. The van der Waals surface area contributed by atoms with Gasteiger partial charge < -0.3 is 20.5 Å². The molecule has 0 bridgehead atoms. The van der Waals surface area contributed by atoms with Crippen molar-refractivity contribution in [1.82, 2.24) is 25.9 Å². The Hall–Kier alpha value is -3.69. The lowest BCUT2D eigenvalue weighted by Crippen LogP contribution is -2.28. The number of ether oxygens (including phenoxy) is 1. The van der Waals surface area contributed by atoms with Gasteiger partial charge in [0.1, 0.15) is 23.5 Å². The maximum Gasteiger partial charge on any atom is 0.426 e. The van der Waals surface area contributed by atoms with Crippen molar-refractivity contribution < 1.29 is 24.2 Å². The Labute approximate surface area is 174 Å². The molecule has 1 aromatic heterocycles. The van der Waals surface area contributed by atoms with Crippen LogP contribution in [0.15, 0.2) is 36.7 Å². The largest absolute Gasteiger partial charge is 0.497 e. The van der Waals surface area contributed by atoms with Crippen LogP contribution in [-0.2, 0) is 6.54 Å². The molecular weight excluding hydrogens is 390 g/mol. The molecule has 0 aliphatic carbocycles. The average Bonchev–Trinajstić information content (AvgIpc) is 2.76. The Balaban J connectivity index is 1.79. The van der Waals surface area contributed by atoms with Crippen molar-refractivity contribution >= 4 is 17.9 Å². The molecule has 3 N–H and O–H groups in total. The summed E-state index contributed by atoms with van der Waals surface area (Å²) < 4.78 is 5.15. The number of aromatic nitrogens is 2. The Morgan fingerprint density at radius 1 is 1.03 bits per heavy atom. The first-order valence-electron chi connectivity index (χ1n) is 9.41. The summed E-state index contributed by atoms with van der Waals surface area (Å²) in [6, 6.07) is 8.65. The monoisotopic (exact) mass is 414 g/mol. The van der Waals surface area contributed by atoms with Crippen LogP contribution in [0.2, 0.25) is 0 Å². The second-order valence-corrected chi connectivity index (χ2v) is 6.30. The van der Waals surface area contributed by atoms with Gasteiger partial charge in [0.2, 0.25) is 0 Å². The molecule has 1 radical (unpaired) electrons. The minimum Gasteiger partial charge on any atom is -0.497 e. The first-order chi connectivity index (χ1) is 14.5. The molecule has 30 heavy (non-hydrogen) atoms. The van der Waals surface area contributed by atoms with E-state index in [1.54, 1.807) is 7.11 Å². The summed E-state index contributed by atoms with van der Waals surface area (Å²) >= 11 is 0. The molecule has 0 fully saturated rings. The number of nitrogens with one attached hydrogen (secondary N) is 2. The molecule has 1 aromatic carbocycles. The number of carbonyl (C=O) groups is 3. The fourth-order valence-electron chi connectivity index (χ4n) is 2.54. The van der Waals surface area contributed by atoms with Crippen molar-refractivity contribution in [3.05, 3.63) is 53.6 Å². The molecule has 2 aromatic rings. The van der Waals surface area contributed by atoms with Gasteiger partial charge in [-0.1, -0.05) is 12.1 Å². The van der Waals surface area contributed by atoms with Crippen LogP contribution in [0.25, 0.3) is 0 Å². The average molecular weight is 414 g/mol. The summed E-state index contributed by atoms with van der Waals surface area (Å²) in [5.74, 6) is -0.134. The Morgan fingerprint density at radius 3 is 2.47 bits per heavy atom. The van der Waals surface area contributed by atoms with E-state index < -0.39 is 17.9 Å². The number of nitrogens with zero attached hydrogens (tertiary/aromatic N) is 3. The van der Waals surface area contributed by atoms with Crippen LogP contribution in [0.5, 0.6) is 5.75 Å². The first-order valence-corrected chi connectivity index (χ1v) is 9.41. The minimum atomic E-state index is -1.17. The topological polar surface area (TPSA) is 145 Å². The van der Waals surface area contributed by atoms with Gasteiger partial charge in [0.15, 0.2) is 0 Å². The summed E-state index contributed by atoms with van der Waals surface area (Å²) in [4.78, 5) is 42.7. The summed E-state index contributed by atoms with van der Waals surface area (Å²) in [7, 11) is 1.57. The molecule has 0 aliphatic heterocycles. The number of carboxylic acid groups (broad SMARTS) is 1. The number of methoxy groups -OCH3 is 1. The van der Waals surface area contributed by atoms with Crippen molar-refractivity contribution in [2.75, 3.05) is 20.2 Å². The zero-order valence-electron chi connectivity index (χ0n) is 16.6. The molecule has 10 heteroatoms. The Morgan fingerprint density at radius 2 is 1.77 bits per heavy atom. The fraction of sp³-hybridized carbons (Fsp3) is 0.350. The van der Waals surface area contributed by atoms with E-state index in [4.69, 9.17) is 9.84 Å². The van der Waals surface area contributed by atoms with Crippen molar-refractivity contribution in [3.8, 4) is 5.75 Å². The normalized spacial score (nSPS) is 10.2. The number of rotatable bonds is 11. The van der Waals surface area contributed by atoms with Crippen molar-refractivity contribution in [2.45, 2.75) is 25.8 Å². The van der Waals surface area contributed by atoms with Crippen LogP contribution in [0.4, 0.5) is 4.79 Å². The predicted molar refractivity (Wildman–Crippen MR) is 107 cm³/mol. The van der Waals surface area contributed by atoms with E-state index in [0.717, 1.165) is 12.0 Å². The van der Waals surface area contributed by atoms with Gasteiger partial charge >= 0.3 is 6.09 Å². The van der Waals surface area contributed by atoms with Crippen molar-refractivity contribution in [3.63, 3.8) is 0 Å². The Bertz CT molecular complexity index is 874. The number of amides is 3. The van der Waals surface area contributed by atoms with Gasteiger partial charge in [0.25, 0.3) is 11.8 Å². The van der Waals surface area contributed by atoms with E-state index in [1.165, 1.54) is 12.4 Å². The highest BCUT2D eigenvalue weighted by Gasteiger charge is 2.13. The summed E-state index contributed by atoms with van der Waals surface area (Å²) in [6.07, 6.45) is 2.05. The van der Waals surface area contributed by atoms with E-state index in [1.807, 2.05) is 24.3 Å². The second-order valence-electron chi connectivity index (χ2n) is 6.30. The lowest BCUT2D eigenvalue weighted by atomic mass is 10.2. The molecule has 0 unspecified atom stereocenters. The number of carbonyl (C=O) groups excluding carboxylic acids is 2. The van der Waals surface area contributed by atoms with Gasteiger partial charge in [-0.3, -0.25) is 9.59 Å². The highest BCUT2D eigenvalue weighted by atomic mass is 16.5. The standard InChI is InChI=1S/C20H24N5O5/c1-30-15-7-5-6-14(10-15)12-23-19(27)17-11-16(24-13-25-17)18(26)21-8-3-2-4-9-22-20(28)29/h5-7,10-11,13H,2-4,8-9,12H2,1H3,(H,21,26)(H,23,27)(H,28,29). The van der Waals surface area contributed by atoms with Crippen molar-refractivity contribution in [2.24, 2.45) is 0 Å². The van der Waals surface area contributed by atoms with Gasteiger partial charge in [0, 0.05) is 25.7 Å². The van der Waals surface area contributed by atoms with Crippen LogP contribution in [0, 0.1) is 0 Å². The number of benzene rings is 1. The van der Waals surface area contributed by atoms with E-state index in [-0.39, 0.29) is 24.5 Å². The van der Waals surface area contributed by atoms with E-state index >= 15 is 0 Å². The maximum atomic E-state index is 12.3. The van der Waals surface area contributed by atoms with Crippen LogP contribution in [0.3, 0.4) is 0 Å². The fourth-order valence-corrected chi connectivity index (χ4v) is 2.54. The molecule has 159 valence electrons. The molecule has 10 nitrogen and oxygen atoms in total. The highest BCUT2D eigenvalue weighted by molar-refractivity contribution is 5.97. The van der Waals surface area contributed by atoms with E-state index in [9.17, 15) is 14.4 Å². The van der Waals surface area contributed by atoms with Crippen molar-refractivity contribution in [1.29, 1.82) is 0 Å². The Kier molecular flexibility index (Phi) is 9.04. The van der Waals surface area contributed by atoms with Crippen LogP contribution in [0.1, 0.15) is 45.8 Å². The molecule has 0 saturated carbocycles. The SMILES string of the molecule is COc1cccc(CNC(=O)c2cc(C(=O)NCCCCC[N]C(=O)O)ncn2)c1. The maximum absolute atomic E-state index is 12.3. The van der Waals surface area contributed by atoms with Gasteiger partial charge in [-0.25, -0.2) is 20.1 Å². The molecule has 0 spiro atoms. The number of unbranched alkanes of at least 4 members (excludes halogenated alkanes) is 2. The van der Waals surface area contributed by atoms with E-state index in [2.05, 4.69) is 25.9 Å². The molecule has 1 heterocycles. The smallest absolute Gasteiger partial charge is 0.426 e. The quantitative estimate of drug-likeness (QED) is 0.474. The lowest BCUT2D eigenvalue weighted by Gasteiger charge is -2.08. The van der Waals surface area contributed by atoms with Gasteiger partial charge in [0.05, 0.1) is 7.11 Å². The van der Waals surface area contributed by atoms with Gasteiger partial charge in [-0.15, -0.1) is 0 Å². The highest BCUT2D eigenvalue weighted by Crippen LogP contribution is 2.12.